The van der Waals surface area contributed by atoms with Crippen LogP contribution in [0, 0.1) is 0 Å². The summed E-state index contributed by atoms with van der Waals surface area (Å²) in [6.07, 6.45) is 3.33. The maximum Gasteiger partial charge on any atom is 0.270 e. The average molecular weight is 242 g/mol. The van der Waals surface area contributed by atoms with Gasteiger partial charge in [0, 0.05) is 23.5 Å². The van der Waals surface area contributed by atoms with Gasteiger partial charge < -0.3 is 9.88 Å². The third-order valence-corrected chi connectivity index (χ3v) is 3.47. The Balaban J connectivity index is 1.90. The van der Waals surface area contributed by atoms with Crippen LogP contribution in [0.2, 0.25) is 0 Å². The first-order valence-electron chi connectivity index (χ1n) is 6.68. The highest BCUT2D eigenvalue weighted by molar-refractivity contribution is 5.98. The first-order valence-corrected chi connectivity index (χ1v) is 6.68. The van der Waals surface area contributed by atoms with Gasteiger partial charge in [-0.1, -0.05) is 25.1 Å². The number of hydrogen-bond acceptors (Lipinski definition) is 1. The highest BCUT2D eigenvalue weighted by atomic mass is 16.2. The van der Waals surface area contributed by atoms with E-state index in [1.54, 1.807) is 0 Å². The van der Waals surface area contributed by atoms with Gasteiger partial charge in [0.25, 0.3) is 5.91 Å². The van der Waals surface area contributed by atoms with Gasteiger partial charge in [0.2, 0.25) is 0 Å². The topological polar surface area (TPSA) is 36.1 Å². The molecule has 1 aromatic heterocycles. The van der Waals surface area contributed by atoms with Crippen LogP contribution in [-0.2, 0) is 0 Å². The molecule has 0 saturated heterocycles. The number of carbonyl (C=O) groups excluding carboxylic acids is 1. The largest absolute Gasteiger partial charge is 0.351 e. The molecule has 1 N–H and O–H groups in total. The van der Waals surface area contributed by atoms with Crippen molar-refractivity contribution in [2.24, 2.45) is 0 Å². The molecule has 2 aromatic rings. The zero-order valence-corrected chi connectivity index (χ0v) is 10.6. The summed E-state index contributed by atoms with van der Waals surface area (Å²) in [6, 6.07) is 10.5. The van der Waals surface area contributed by atoms with Gasteiger partial charge in [0.15, 0.2) is 0 Å². The van der Waals surface area contributed by atoms with E-state index in [-0.39, 0.29) is 5.91 Å². The minimum atomic E-state index is 0.149. The fourth-order valence-corrected chi connectivity index (χ4v) is 2.42. The molecule has 0 spiro atoms. The maximum atomic E-state index is 12.5. The predicted molar refractivity (Wildman–Crippen MR) is 72.6 cm³/mol. The second-order valence-electron chi connectivity index (χ2n) is 5.00. The van der Waals surface area contributed by atoms with E-state index in [0.717, 1.165) is 42.4 Å². The molecule has 0 bridgehead atoms. The number of hydrogen-bond donors (Lipinski definition) is 1. The molecule has 1 aliphatic carbocycles. The standard InChI is InChI=1S/C15H18N2O/c1-2-9-17(12-7-8-12)15(18)14-10-11-5-3-4-6-13(11)16-14/h3-6,10,12,16H,2,7-9H2,1H3. The van der Waals surface area contributed by atoms with Crippen molar-refractivity contribution in [1.29, 1.82) is 0 Å². The van der Waals surface area contributed by atoms with E-state index in [9.17, 15) is 4.79 Å². The molecule has 3 heteroatoms. The molecule has 1 saturated carbocycles. The molecule has 0 atom stereocenters. The number of rotatable bonds is 4. The van der Waals surface area contributed by atoms with E-state index in [4.69, 9.17) is 0 Å². The van der Waals surface area contributed by atoms with Gasteiger partial charge >= 0.3 is 0 Å². The van der Waals surface area contributed by atoms with E-state index in [0.29, 0.717) is 6.04 Å². The van der Waals surface area contributed by atoms with Crippen molar-refractivity contribution in [1.82, 2.24) is 9.88 Å². The van der Waals surface area contributed by atoms with Crippen molar-refractivity contribution in [2.75, 3.05) is 6.54 Å². The molecular formula is C15H18N2O. The summed E-state index contributed by atoms with van der Waals surface area (Å²) >= 11 is 0. The van der Waals surface area contributed by atoms with Crippen LogP contribution in [0.5, 0.6) is 0 Å². The van der Waals surface area contributed by atoms with Crippen LogP contribution in [0.15, 0.2) is 30.3 Å². The lowest BCUT2D eigenvalue weighted by molar-refractivity contribution is 0.0738. The van der Waals surface area contributed by atoms with Crippen molar-refractivity contribution in [3.8, 4) is 0 Å². The molecule has 0 radical (unpaired) electrons. The molecule has 1 aliphatic rings. The first kappa shape index (κ1) is 11.3. The number of carbonyl (C=O) groups is 1. The number of nitrogens with zero attached hydrogens (tertiary/aromatic N) is 1. The molecule has 3 rings (SSSR count). The zero-order chi connectivity index (χ0) is 12.5. The number of nitrogens with one attached hydrogen (secondary N) is 1. The molecule has 1 heterocycles. The lowest BCUT2D eigenvalue weighted by atomic mass is 10.2. The van der Waals surface area contributed by atoms with Crippen molar-refractivity contribution >= 4 is 16.8 Å². The number of benzene rings is 1. The lowest BCUT2D eigenvalue weighted by Crippen LogP contribution is -2.33. The molecule has 3 nitrogen and oxygen atoms in total. The number of H-pyrrole nitrogens is 1. The van der Waals surface area contributed by atoms with E-state index < -0.39 is 0 Å². The summed E-state index contributed by atoms with van der Waals surface area (Å²) in [5.41, 5.74) is 1.75. The summed E-state index contributed by atoms with van der Waals surface area (Å²) in [6.45, 7) is 2.98. The highest BCUT2D eigenvalue weighted by Gasteiger charge is 2.32. The van der Waals surface area contributed by atoms with E-state index in [1.807, 2.05) is 35.2 Å². The molecule has 18 heavy (non-hydrogen) atoms. The summed E-state index contributed by atoms with van der Waals surface area (Å²) in [5, 5.41) is 1.10. The fraction of sp³-hybridized carbons (Fsp3) is 0.400. The molecular weight excluding hydrogens is 224 g/mol. The molecule has 94 valence electrons. The van der Waals surface area contributed by atoms with Crippen LogP contribution in [0.4, 0.5) is 0 Å². The van der Waals surface area contributed by atoms with E-state index in [1.165, 1.54) is 0 Å². The minimum Gasteiger partial charge on any atom is -0.351 e. The number of para-hydroxylation sites is 1. The minimum absolute atomic E-state index is 0.149. The Morgan fingerprint density at radius 3 is 2.83 bits per heavy atom. The van der Waals surface area contributed by atoms with Crippen LogP contribution < -0.4 is 0 Å². The van der Waals surface area contributed by atoms with E-state index >= 15 is 0 Å². The van der Waals surface area contributed by atoms with Gasteiger partial charge in [0.05, 0.1) is 0 Å². The third-order valence-electron chi connectivity index (χ3n) is 3.47. The summed E-state index contributed by atoms with van der Waals surface area (Å²) in [7, 11) is 0. The smallest absolute Gasteiger partial charge is 0.270 e. The van der Waals surface area contributed by atoms with Crippen LogP contribution in [0.3, 0.4) is 0 Å². The Labute approximate surface area is 107 Å². The van der Waals surface area contributed by atoms with Crippen molar-refractivity contribution in [2.45, 2.75) is 32.2 Å². The van der Waals surface area contributed by atoms with Gasteiger partial charge in [-0.3, -0.25) is 4.79 Å². The second kappa shape index (κ2) is 4.48. The van der Waals surface area contributed by atoms with Crippen LogP contribution in [-0.4, -0.2) is 28.4 Å². The molecule has 0 unspecified atom stereocenters. The summed E-state index contributed by atoms with van der Waals surface area (Å²) in [5.74, 6) is 0.149. The van der Waals surface area contributed by atoms with Crippen molar-refractivity contribution in [3.63, 3.8) is 0 Å². The Morgan fingerprint density at radius 1 is 1.39 bits per heavy atom. The summed E-state index contributed by atoms with van der Waals surface area (Å²) < 4.78 is 0. The maximum absolute atomic E-state index is 12.5. The Morgan fingerprint density at radius 2 is 2.17 bits per heavy atom. The normalized spacial score (nSPS) is 14.9. The monoisotopic (exact) mass is 242 g/mol. The Bertz CT molecular complexity index is 536. The molecule has 1 aromatic carbocycles. The van der Waals surface area contributed by atoms with Gasteiger partial charge in [0.1, 0.15) is 5.69 Å². The second-order valence-corrected chi connectivity index (χ2v) is 5.00. The van der Waals surface area contributed by atoms with Crippen molar-refractivity contribution < 1.29 is 4.79 Å². The van der Waals surface area contributed by atoms with Gasteiger partial charge in [-0.15, -0.1) is 0 Å². The summed E-state index contributed by atoms with van der Waals surface area (Å²) in [4.78, 5) is 17.7. The SMILES string of the molecule is CCCN(C(=O)c1cc2ccccc2[nH]1)C1CC1. The van der Waals surface area contributed by atoms with Gasteiger partial charge in [-0.05, 0) is 31.4 Å². The number of aromatic amines is 1. The van der Waals surface area contributed by atoms with Crippen molar-refractivity contribution in [3.05, 3.63) is 36.0 Å². The molecule has 1 fully saturated rings. The van der Waals surface area contributed by atoms with Crippen LogP contribution >= 0.6 is 0 Å². The fourth-order valence-electron chi connectivity index (χ4n) is 2.42. The third kappa shape index (κ3) is 2.01. The quantitative estimate of drug-likeness (QED) is 0.878. The van der Waals surface area contributed by atoms with Gasteiger partial charge in [-0.2, -0.15) is 0 Å². The number of aromatic nitrogens is 1. The number of amides is 1. The Hall–Kier alpha value is -1.77. The van der Waals surface area contributed by atoms with Gasteiger partial charge in [-0.25, -0.2) is 0 Å². The van der Waals surface area contributed by atoms with E-state index in [2.05, 4.69) is 11.9 Å². The molecule has 1 amide bonds. The van der Waals surface area contributed by atoms with Crippen LogP contribution in [0.1, 0.15) is 36.7 Å². The highest BCUT2D eigenvalue weighted by Crippen LogP contribution is 2.28. The first-order chi connectivity index (χ1) is 8.79. The average Bonchev–Trinajstić information content (AvgIpc) is 3.13. The Kier molecular flexibility index (Phi) is 2.82. The molecule has 0 aliphatic heterocycles. The lowest BCUT2D eigenvalue weighted by Gasteiger charge is -2.20. The predicted octanol–water partition coefficient (Wildman–Crippen LogP) is 3.18. The zero-order valence-electron chi connectivity index (χ0n) is 10.6. The number of fused-ring (bicyclic) bond motifs is 1. The van der Waals surface area contributed by atoms with Crippen LogP contribution in [0.25, 0.3) is 10.9 Å².